The largest absolute Gasteiger partial charge is 0.377 e. The molecule has 1 aromatic carbocycles. The standard InChI is InChI=1S/C30H39N5O/c1-4-28-32-29-22(2)20-23(3)31-30(29)35(28)21-24-8-10-25(11-9-24)27(36)14-19-33-17-12-26(13-18-33)34-15-6-5-7-16-34/h8-11,14,19-20,26H,4-7,12-13,15-18,21H2,1-3H3. The Morgan fingerprint density at radius 1 is 1.00 bits per heavy atom. The molecule has 6 heteroatoms. The number of carbonyl (C=O) groups is 1. The number of likely N-dealkylation sites (tertiary alicyclic amines) is 2. The third-order valence-corrected chi connectivity index (χ3v) is 7.84. The van der Waals surface area contributed by atoms with Gasteiger partial charge in [0.05, 0.1) is 6.54 Å². The van der Waals surface area contributed by atoms with E-state index in [1.165, 1.54) is 45.2 Å². The summed E-state index contributed by atoms with van der Waals surface area (Å²) in [7, 11) is 0. The lowest BCUT2D eigenvalue weighted by atomic mass is 10.00. The number of piperidine rings is 2. The Hall–Kier alpha value is -2.99. The lowest BCUT2D eigenvalue weighted by Crippen LogP contribution is -2.45. The number of nitrogens with zero attached hydrogens (tertiary/aromatic N) is 5. The van der Waals surface area contributed by atoms with Gasteiger partial charge < -0.3 is 14.4 Å². The Bertz CT molecular complexity index is 1230. The molecule has 5 rings (SSSR count). The Balaban J connectivity index is 1.20. The summed E-state index contributed by atoms with van der Waals surface area (Å²) in [5.74, 6) is 1.10. The number of allylic oxidation sites excluding steroid dienone is 1. The maximum Gasteiger partial charge on any atom is 0.187 e. The highest BCUT2D eigenvalue weighted by Gasteiger charge is 2.24. The molecule has 0 bridgehead atoms. The fraction of sp³-hybridized carbons (Fsp3) is 0.500. The molecule has 0 N–H and O–H groups in total. The maximum absolute atomic E-state index is 12.8. The molecule has 0 saturated carbocycles. The topological polar surface area (TPSA) is 54.3 Å². The van der Waals surface area contributed by atoms with Crippen molar-refractivity contribution in [3.05, 3.63) is 70.8 Å². The van der Waals surface area contributed by atoms with Gasteiger partial charge in [0.25, 0.3) is 0 Å². The summed E-state index contributed by atoms with van der Waals surface area (Å²) in [6.45, 7) is 11.6. The number of imidazole rings is 1. The van der Waals surface area contributed by atoms with Crippen molar-refractivity contribution in [3.8, 4) is 0 Å². The van der Waals surface area contributed by atoms with Crippen molar-refractivity contribution in [1.82, 2.24) is 24.3 Å². The number of carbonyl (C=O) groups excluding carboxylic acids is 1. The number of aryl methyl sites for hydroxylation is 3. The molecule has 190 valence electrons. The summed E-state index contributed by atoms with van der Waals surface area (Å²) < 4.78 is 2.21. The molecule has 0 amide bonds. The molecular weight excluding hydrogens is 446 g/mol. The Kier molecular flexibility index (Phi) is 7.51. The molecule has 0 aliphatic carbocycles. The van der Waals surface area contributed by atoms with E-state index >= 15 is 0 Å². The van der Waals surface area contributed by atoms with Crippen LogP contribution in [0.3, 0.4) is 0 Å². The first kappa shape index (κ1) is 24.7. The van der Waals surface area contributed by atoms with Gasteiger partial charge in [-0.2, -0.15) is 0 Å². The quantitative estimate of drug-likeness (QED) is 0.336. The first-order valence-electron chi connectivity index (χ1n) is 13.6. The van der Waals surface area contributed by atoms with Gasteiger partial charge in [-0.3, -0.25) is 4.79 Å². The lowest BCUT2D eigenvalue weighted by Gasteiger charge is -2.40. The van der Waals surface area contributed by atoms with Crippen LogP contribution in [-0.4, -0.2) is 62.3 Å². The van der Waals surface area contributed by atoms with E-state index in [2.05, 4.69) is 46.4 Å². The summed E-state index contributed by atoms with van der Waals surface area (Å²) in [6.07, 6.45) is 11.1. The van der Waals surface area contributed by atoms with Crippen molar-refractivity contribution in [2.75, 3.05) is 26.2 Å². The summed E-state index contributed by atoms with van der Waals surface area (Å²) in [4.78, 5) is 27.4. The molecule has 2 saturated heterocycles. The van der Waals surface area contributed by atoms with Crippen LogP contribution in [0.2, 0.25) is 0 Å². The molecule has 0 atom stereocenters. The SMILES string of the molecule is CCc1nc2c(C)cc(C)nc2n1Cc1ccc(C(=O)C=CN2CCC(N3CCCCC3)CC2)cc1. The van der Waals surface area contributed by atoms with Gasteiger partial charge >= 0.3 is 0 Å². The first-order valence-corrected chi connectivity index (χ1v) is 13.6. The minimum absolute atomic E-state index is 0.0648. The van der Waals surface area contributed by atoms with E-state index in [0.717, 1.165) is 64.9 Å². The predicted molar refractivity (Wildman–Crippen MR) is 145 cm³/mol. The normalized spacial score (nSPS) is 17.9. The second-order valence-electron chi connectivity index (χ2n) is 10.5. The minimum Gasteiger partial charge on any atom is -0.377 e. The summed E-state index contributed by atoms with van der Waals surface area (Å²) in [5, 5.41) is 0. The number of fused-ring (bicyclic) bond motifs is 1. The van der Waals surface area contributed by atoms with Gasteiger partial charge in [0, 0.05) is 49.1 Å². The van der Waals surface area contributed by atoms with Crippen LogP contribution in [0.5, 0.6) is 0 Å². The summed E-state index contributed by atoms with van der Waals surface area (Å²) >= 11 is 0. The molecule has 2 aromatic heterocycles. The lowest BCUT2D eigenvalue weighted by molar-refractivity contribution is 0.103. The van der Waals surface area contributed by atoms with E-state index in [0.29, 0.717) is 6.54 Å². The van der Waals surface area contributed by atoms with Gasteiger partial charge in [-0.25, -0.2) is 9.97 Å². The fourth-order valence-corrected chi connectivity index (χ4v) is 5.79. The van der Waals surface area contributed by atoms with Crippen molar-refractivity contribution in [1.29, 1.82) is 0 Å². The van der Waals surface area contributed by atoms with Crippen molar-refractivity contribution >= 4 is 16.9 Å². The molecule has 2 aliphatic heterocycles. The zero-order valence-electron chi connectivity index (χ0n) is 22.0. The van der Waals surface area contributed by atoms with Crippen LogP contribution in [0.25, 0.3) is 11.2 Å². The zero-order chi connectivity index (χ0) is 25.1. The van der Waals surface area contributed by atoms with Crippen LogP contribution in [0.15, 0.2) is 42.6 Å². The van der Waals surface area contributed by atoms with E-state index in [9.17, 15) is 4.79 Å². The average Bonchev–Trinajstić information content (AvgIpc) is 3.26. The Morgan fingerprint density at radius 2 is 1.72 bits per heavy atom. The van der Waals surface area contributed by atoms with Crippen molar-refractivity contribution in [3.63, 3.8) is 0 Å². The van der Waals surface area contributed by atoms with Crippen LogP contribution < -0.4 is 0 Å². The average molecular weight is 486 g/mol. The molecule has 0 unspecified atom stereocenters. The van der Waals surface area contributed by atoms with Crippen molar-refractivity contribution in [2.24, 2.45) is 0 Å². The van der Waals surface area contributed by atoms with Gasteiger partial charge in [0.15, 0.2) is 11.4 Å². The van der Waals surface area contributed by atoms with Crippen molar-refractivity contribution < 1.29 is 4.79 Å². The monoisotopic (exact) mass is 485 g/mol. The van der Waals surface area contributed by atoms with E-state index in [1.54, 1.807) is 6.08 Å². The highest BCUT2D eigenvalue weighted by Crippen LogP contribution is 2.22. The van der Waals surface area contributed by atoms with E-state index in [4.69, 9.17) is 9.97 Å². The number of benzene rings is 1. The van der Waals surface area contributed by atoms with E-state index in [-0.39, 0.29) is 5.78 Å². The predicted octanol–water partition coefficient (Wildman–Crippen LogP) is 5.31. The Labute approximate surface area is 215 Å². The number of aromatic nitrogens is 3. The highest BCUT2D eigenvalue weighted by molar-refractivity contribution is 6.04. The number of pyridine rings is 1. The van der Waals surface area contributed by atoms with E-state index < -0.39 is 0 Å². The molecule has 3 aromatic rings. The molecular formula is C30H39N5O. The van der Waals surface area contributed by atoms with Crippen LogP contribution >= 0.6 is 0 Å². The first-order chi connectivity index (χ1) is 17.5. The van der Waals surface area contributed by atoms with Gasteiger partial charge in [-0.1, -0.05) is 37.6 Å². The third kappa shape index (κ3) is 5.39. The minimum atomic E-state index is 0.0648. The van der Waals surface area contributed by atoms with Gasteiger partial charge in [0.1, 0.15) is 11.3 Å². The maximum atomic E-state index is 12.8. The van der Waals surface area contributed by atoms with Gasteiger partial charge in [-0.15, -0.1) is 0 Å². The number of hydrogen-bond donors (Lipinski definition) is 0. The second kappa shape index (κ2) is 11.0. The molecule has 2 fully saturated rings. The number of hydrogen-bond acceptors (Lipinski definition) is 5. The molecule has 6 nitrogen and oxygen atoms in total. The zero-order valence-corrected chi connectivity index (χ0v) is 22.0. The van der Waals surface area contributed by atoms with Crippen LogP contribution in [-0.2, 0) is 13.0 Å². The van der Waals surface area contributed by atoms with Crippen LogP contribution in [0.1, 0.15) is 72.0 Å². The number of rotatable bonds is 7. The fourth-order valence-electron chi connectivity index (χ4n) is 5.79. The second-order valence-corrected chi connectivity index (χ2v) is 10.5. The third-order valence-electron chi connectivity index (χ3n) is 7.84. The van der Waals surface area contributed by atoms with E-state index in [1.807, 2.05) is 25.3 Å². The smallest absolute Gasteiger partial charge is 0.187 e. The van der Waals surface area contributed by atoms with Gasteiger partial charge in [0.2, 0.25) is 0 Å². The highest BCUT2D eigenvalue weighted by atomic mass is 16.1. The molecule has 0 radical (unpaired) electrons. The Morgan fingerprint density at radius 3 is 2.42 bits per heavy atom. The molecule has 36 heavy (non-hydrogen) atoms. The molecule has 2 aliphatic rings. The summed E-state index contributed by atoms with van der Waals surface area (Å²) in [6, 6.07) is 10.8. The van der Waals surface area contributed by atoms with Crippen molar-refractivity contribution in [2.45, 2.75) is 71.9 Å². The molecule has 0 spiro atoms. The van der Waals surface area contributed by atoms with Crippen LogP contribution in [0, 0.1) is 13.8 Å². The van der Waals surface area contributed by atoms with Crippen LogP contribution in [0.4, 0.5) is 0 Å². The number of ketones is 1. The van der Waals surface area contributed by atoms with Gasteiger partial charge in [-0.05, 0) is 69.8 Å². The summed E-state index contributed by atoms with van der Waals surface area (Å²) in [5.41, 5.74) is 5.96. The molecule has 4 heterocycles.